The molecule has 1 rings (SSSR count). The van der Waals surface area contributed by atoms with Gasteiger partial charge in [0.15, 0.2) is 0 Å². The van der Waals surface area contributed by atoms with Crippen LogP contribution in [0, 0.1) is 0 Å². The van der Waals surface area contributed by atoms with Gasteiger partial charge in [-0.3, -0.25) is 0 Å². The van der Waals surface area contributed by atoms with Gasteiger partial charge in [0.1, 0.15) is 4.99 Å². The molecule has 0 atom stereocenters. The summed E-state index contributed by atoms with van der Waals surface area (Å²) >= 11 is 5.81. The van der Waals surface area contributed by atoms with Crippen LogP contribution in [-0.2, 0) is 6.04 Å². The highest BCUT2D eigenvalue weighted by Gasteiger charge is 2.22. The first kappa shape index (κ1) is 17.4. The molecule has 0 bridgehead atoms. The van der Waals surface area contributed by atoms with Gasteiger partial charge in [0.2, 0.25) is 0 Å². The van der Waals surface area contributed by atoms with Crippen molar-refractivity contribution in [2.75, 3.05) is 0 Å². The highest BCUT2D eigenvalue weighted by atomic mass is 32.1. The average Bonchev–Trinajstić information content (AvgIpc) is 2.26. The molecule has 1 nitrogen and oxygen atoms in total. The fraction of sp³-hybridized carbons (Fsp3) is 0.588. The summed E-state index contributed by atoms with van der Waals surface area (Å²) in [5.41, 5.74) is 2.68. The van der Waals surface area contributed by atoms with E-state index in [-0.39, 0.29) is 0 Å². The predicted molar refractivity (Wildman–Crippen MR) is 97.3 cm³/mol. The highest BCUT2D eigenvalue weighted by Crippen LogP contribution is 2.20. The molecule has 0 amide bonds. The van der Waals surface area contributed by atoms with Crippen LogP contribution in [0.25, 0.3) is 0 Å². The smallest absolute Gasteiger partial charge is 0.109 e. The molecule has 0 spiro atoms. The number of hydrogen-bond donors (Lipinski definition) is 0. The zero-order valence-corrected chi connectivity index (χ0v) is 15.8. The lowest BCUT2D eigenvalue weighted by molar-refractivity contribution is 0.298. The van der Waals surface area contributed by atoms with E-state index in [1.165, 1.54) is 17.2 Å². The summed E-state index contributed by atoms with van der Waals surface area (Å²) in [6.07, 6.45) is 0. The monoisotopic (exact) mass is 307 g/mol. The van der Waals surface area contributed by atoms with Gasteiger partial charge in [0, 0.05) is 25.7 Å². The molecule has 0 unspecified atom stereocenters. The van der Waals surface area contributed by atoms with Crippen molar-refractivity contribution in [3.63, 3.8) is 0 Å². The first-order valence-electron chi connectivity index (χ1n) is 7.54. The van der Waals surface area contributed by atoms with E-state index in [0.717, 1.165) is 4.99 Å². The molecular formula is C17H29NSSi. The molecule has 0 aliphatic heterocycles. The third-order valence-electron chi connectivity index (χ3n) is 3.32. The Bertz CT molecular complexity index is 452. The van der Waals surface area contributed by atoms with E-state index in [1.807, 2.05) is 0 Å². The maximum atomic E-state index is 5.81. The third-order valence-corrected chi connectivity index (χ3v) is 5.19. The summed E-state index contributed by atoms with van der Waals surface area (Å²) in [5.74, 6) is 0. The van der Waals surface area contributed by atoms with Crippen molar-refractivity contribution in [3.05, 3.63) is 35.4 Å². The van der Waals surface area contributed by atoms with Gasteiger partial charge in [-0.05, 0) is 39.3 Å². The second kappa shape index (κ2) is 6.86. The van der Waals surface area contributed by atoms with Gasteiger partial charge in [-0.1, -0.05) is 56.1 Å². The molecule has 1 aromatic rings. The van der Waals surface area contributed by atoms with Gasteiger partial charge in [-0.2, -0.15) is 0 Å². The Hall–Kier alpha value is -0.673. The standard InChI is InChI=1S/C17H29NSSi/c1-13(2)18(14(3)4)17(19)16-11-9-8-10-15(16)12-20(5,6)7/h8-11,13-14H,12H2,1-7H3. The van der Waals surface area contributed by atoms with Gasteiger partial charge in [0.25, 0.3) is 0 Å². The highest BCUT2D eigenvalue weighted by molar-refractivity contribution is 7.80. The molecular weight excluding hydrogens is 278 g/mol. The Morgan fingerprint density at radius 3 is 2.00 bits per heavy atom. The van der Waals surface area contributed by atoms with Crippen molar-refractivity contribution in [2.45, 2.75) is 65.5 Å². The van der Waals surface area contributed by atoms with Crippen LogP contribution in [0.1, 0.15) is 38.8 Å². The van der Waals surface area contributed by atoms with Crippen LogP contribution in [0.15, 0.2) is 24.3 Å². The predicted octanol–water partition coefficient (Wildman–Crippen LogP) is 4.90. The zero-order chi connectivity index (χ0) is 15.5. The van der Waals surface area contributed by atoms with Crippen molar-refractivity contribution < 1.29 is 0 Å². The van der Waals surface area contributed by atoms with Gasteiger partial charge in [-0.15, -0.1) is 0 Å². The summed E-state index contributed by atoms with van der Waals surface area (Å²) < 4.78 is 0. The number of nitrogens with zero attached hydrogens (tertiary/aromatic N) is 1. The van der Waals surface area contributed by atoms with E-state index in [4.69, 9.17) is 12.2 Å². The summed E-state index contributed by atoms with van der Waals surface area (Å²) in [7, 11) is -1.14. The molecule has 0 N–H and O–H groups in total. The molecule has 0 aliphatic rings. The van der Waals surface area contributed by atoms with Crippen molar-refractivity contribution >= 4 is 25.3 Å². The van der Waals surface area contributed by atoms with E-state index < -0.39 is 8.07 Å². The maximum absolute atomic E-state index is 5.81. The second-order valence-electron chi connectivity index (χ2n) is 7.29. The van der Waals surface area contributed by atoms with Crippen LogP contribution in [0.3, 0.4) is 0 Å². The van der Waals surface area contributed by atoms with Crippen LogP contribution in [0.5, 0.6) is 0 Å². The number of hydrogen-bond acceptors (Lipinski definition) is 1. The normalized spacial score (nSPS) is 12.1. The molecule has 0 heterocycles. The summed E-state index contributed by atoms with van der Waals surface area (Å²) in [6, 6.07) is 10.7. The molecule has 1 aromatic carbocycles. The van der Waals surface area contributed by atoms with E-state index in [0.29, 0.717) is 12.1 Å². The van der Waals surface area contributed by atoms with Gasteiger partial charge in [-0.25, -0.2) is 0 Å². The van der Waals surface area contributed by atoms with Crippen LogP contribution in [-0.4, -0.2) is 30.0 Å². The minimum Gasteiger partial charge on any atom is -0.357 e. The SMILES string of the molecule is CC(C)N(C(=S)c1ccccc1C[Si](C)(C)C)C(C)C. The lowest BCUT2D eigenvalue weighted by atomic mass is 10.1. The molecule has 0 saturated heterocycles. The van der Waals surface area contributed by atoms with E-state index in [1.54, 1.807) is 0 Å². The van der Waals surface area contributed by atoms with Crippen LogP contribution >= 0.6 is 12.2 Å². The Morgan fingerprint density at radius 2 is 1.55 bits per heavy atom. The first-order valence-corrected chi connectivity index (χ1v) is 11.7. The van der Waals surface area contributed by atoms with Crippen molar-refractivity contribution in [1.29, 1.82) is 0 Å². The Morgan fingerprint density at radius 1 is 1.05 bits per heavy atom. The minimum atomic E-state index is -1.14. The number of rotatable bonds is 5. The molecule has 3 heteroatoms. The van der Waals surface area contributed by atoms with Gasteiger partial charge in [0.05, 0.1) is 0 Å². The summed E-state index contributed by atoms with van der Waals surface area (Å²) in [5, 5.41) is 0. The molecule has 112 valence electrons. The van der Waals surface area contributed by atoms with Crippen LogP contribution < -0.4 is 0 Å². The minimum absolute atomic E-state index is 0.433. The van der Waals surface area contributed by atoms with E-state index >= 15 is 0 Å². The number of benzene rings is 1. The molecule has 20 heavy (non-hydrogen) atoms. The lowest BCUT2D eigenvalue weighted by Crippen LogP contribution is -2.42. The van der Waals surface area contributed by atoms with Crippen LogP contribution in [0.4, 0.5) is 0 Å². The Labute approximate surface area is 131 Å². The largest absolute Gasteiger partial charge is 0.357 e. The molecule has 0 radical (unpaired) electrons. The van der Waals surface area contributed by atoms with Crippen LogP contribution in [0.2, 0.25) is 19.6 Å². The second-order valence-corrected chi connectivity index (χ2v) is 13.2. The summed E-state index contributed by atoms with van der Waals surface area (Å²) in [4.78, 5) is 3.35. The Balaban J connectivity index is 3.15. The quantitative estimate of drug-likeness (QED) is 0.562. The topological polar surface area (TPSA) is 3.24 Å². The van der Waals surface area contributed by atoms with Crippen molar-refractivity contribution in [3.8, 4) is 0 Å². The molecule has 0 fully saturated rings. The Kier molecular flexibility index (Phi) is 5.96. The van der Waals surface area contributed by atoms with E-state index in [9.17, 15) is 0 Å². The number of thiocarbonyl (C=S) groups is 1. The molecule has 0 saturated carbocycles. The lowest BCUT2D eigenvalue weighted by Gasteiger charge is -2.34. The van der Waals surface area contributed by atoms with E-state index in [2.05, 4.69) is 76.5 Å². The molecule has 0 aromatic heterocycles. The average molecular weight is 308 g/mol. The first-order chi connectivity index (χ1) is 9.13. The van der Waals surface area contributed by atoms with Crippen molar-refractivity contribution in [1.82, 2.24) is 4.90 Å². The van der Waals surface area contributed by atoms with Crippen molar-refractivity contribution in [2.24, 2.45) is 0 Å². The summed E-state index contributed by atoms with van der Waals surface area (Å²) in [6.45, 7) is 16.1. The maximum Gasteiger partial charge on any atom is 0.109 e. The zero-order valence-electron chi connectivity index (χ0n) is 14.0. The fourth-order valence-electron chi connectivity index (χ4n) is 2.66. The van der Waals surface area contributed by atoms with Gasteiger partial charge >= 0.3 is 0 Å². The fourth-order valence-corrected chi connectivity index (χ4v) is 4.73. The third kappa shape index (κ3) is 4.71. The molecule has 0 aliphatic carbocycles. The van der Waals surface area contributed by atoms with Gasteiger partial charge < -0.3 is 4.90 Å².